The summed E-state index contributed by atoms with van der Waals surface area (Å²) < 4.78 is 18.4. The minimum Gasteiger partial charge on any atom is -0.384 e. The average Bonchev–Trinajstić information content (AvgIpc) is 3.24. The second-order valence-corrected chi connectivity index (χ2v) is 8.11. The van der Waals surface area contributed by atoms with Gasteiger partial charge in [0, 0.05) is 38.0 Å². The second-order valence-electron chi connectivity index (χ2n) is 8.11. The normalized spacial score (nSPS) is 18.6. The first-order valence-electron chi connectivity index (χ1n) is 10.7. The molecule has 4 rings (SSSR count). The molecule has 6 nitrogen and oxygen atoms in total. The van der Waals surface area contributed by atoms with Crippen LogP contribution in [0.2, 0.25) is 0 Å². The van der Waals surface area contributed by atoms with Gasteiger partial charge in [-0.25, -0.2) is 14.4 Å². The van der Waals surface area contributed by atoms with E-state index >= 15 is 0 Å². The number of methoxy groups -OCH3 is 1. The molecule has 0 saturated carbocycles. The van der Waals surface area contributed by atoms with Gasteiger partial charge in [-0.05, 0) is 50.3 Å². The molecule has 0 unspecified atom stereocenters. The molecule has 7 heteroatoms. The summed E-state index contributed by atoms with van der Waals surface area (Å²) in [6, 6.07) is 6.57. The molecule has 3 heterocycles. The number of ether oxygens (including phenoxy) is 1. The van der Waals surface area contributed by atoms with Crippen molar-refractivity contribution in [1.29, 1.82) is 0 Å². The van der Waals surface area contributed by atoms with Crippen molar-refractivity contribution in [3.63, 3.8) is 0 Å². The Kier molecular flexibility index (Phi) is 6.27. The SMILES string of the molecule is COCCC(=O)N1CCC[C@H]1c1nc(C)c2c(n1)N(Cc1ccc(F)cc1)CCC2. The molecule has 1 aromatic carbocycles. The van der Waals surface area contributed by atoms with Crippen LogP contribution in [0.3, 0.4) is 0 Å². The fraction of sp³-hybridized carbons (Fsp3) is 0.522. The summed E-state index contributed by atoms with van der Waals surface area (Å²) in [5, 5.41) is 0. The molecule has 1 saturated heterocycles. The van der Waals surface area contributed by atoms with Crippen LogP contribution in [-0.2, 0) is 22.5 Å². The van der Waals surface area contributed by atoms with E-state index in [1.807, 2.05) is 24.0 Å². The van der Waals surface area contributed by atoms with Crippen LogP contribution < -0.4 is 4.90 Å². The van der Waals surface area contributed by atoms with Gasteiger partial charge in [0.15, 0.2) is 5.82 Å². The molecule has 2 aliphatic rings. The molecule has 30 heavy (non-hydrogen) atoms. The molecule has 1 amide bonds. The molecule has 0 radical (unpaired) electrons. The highest BCUT2D eigenvalue weighted by Gasteiger charge is 2.33. The predicted molar refractivity (Wildman–Crippen MR) is 113 cm³/mol. The van der Waals surface area contributed by atoms with Gasteiger partial charge in [0.2, 0.25) is 5.91 Å². The minimum atomic E-state index is -0.224. The smallest absolute Gasteiger partial charge is 0.225 e. The molecule has 0 aliphatic carbocycles. The maximum atomic E-state index is 13.3. The number of benzene rings is 1. The highest BCUT2D eigenvalue weighted by Crippen LogP contribution is 2.35. The number of aryl methyl sites for hydroxylation is 1. The maximum Gasteiger partial charge on any atom is 0.225 e. The van der Waals surface area contributed by atoms with Crippen LogP contribution in [0.5, 0.6) is 0 Å². The van der Waals surface area contributed by atoms with Crippen LogP contribution in [0.15, 0.2) is 24.3 Å². The third-order valence-electron chi connectivity index (χ3n) is 6.04. The maximum absolute atomic E-state index is 13.3. The summed E-state index contributed by atoms with van der Waals surface area (Å²) in [6.07, 6.45) is 4.23. The quantitative estimate of drug-likeness (QED) is 0.726. The number of carbonyl (C=O) groups excluding carboxylic acids is 1. The fourth-order valence-corrected chi connectivity index (χ4v) is 4.49. The Labute approximate surface area is 177 Å². The van der Waals surface area contributed by atoms with Crippen LogP contribution in [0.25, 0.3) is 0 Å². The van der Waals surface area contributed by atoms with Gasteiger partial charge in [0.25, 0.3) is 0 Å². The standard InChI is InChI=1S/C23H29FN4O2/c1-16-19-5-3-12-27(15-17-7-9-18(24)10-8-17)23(19)26-22(25-16)20-6-4-13-28(20)21(29)11-14-30-2/h7-10,20H,3-6,11-15H2,1-2H3/t20-/m0/s1. The van der Waals surface area contributed by atoms with Crippen molar-refractivity contribution in [2.24, 2.45) is 0 Å². The van der Waals surface area contributed by atoms with Crippen molar-refractivity contribution in [1.82, 2.24) is 14.9 Å². The highest BCUT2D eigenvalue weighted by atomic mass is 19.1. The lowest BCUT2D eigenvalue weighted by atomic mass is 10.0. The first-order chi connectivity index (χ1) is 14.6. The minimum absolute atomic E-state index is 0.0760. The Hall–Kier alpha value is -2.54. The van der Waals surface area contributed by atoms with Crippen molar-refractivity contribution in [2.75, 3.05) is 31.7 Å². The molecule has 0 spiro atoms. The lowest BCUT2D eigenvalue weighted by molar-refractivity contribution is -0.133. The number of anilines is 1. The van der Waals surface area contributed by atoms with E-state index in [0.29, 0.717) is 19.6 Å². The number of hydrogen-bond donors (Lipinski definition) is 0. The van der Waals surface area contributed by atoms with Crippen LogP contribution in [0.1, 0.15) is 54.4 Å². The number of aromatic nitrogens is 2. The second kappa shape index (κ2) is 9.08. The van der Waals surface area contributed by atoms with Crippen molar-refractivity contribution in [2.45, 2.75) is 51.6 Å². The van der Waals surface area contributed by atoms with Crippen molar-refractivity contribution in [3.05, 3.63) is 52.7 Å². The number of nitrogens with zero attached hydrogens (tertiary/aromatic N) is 4. The molecule has 1 atom stereocenters. The van der Waals surface area contributed by atoms with Gasteiger partial charge in [-0.1, -0.05) is 12.1 Å². The molecular weight excluding hydrogens is 383 g/mol. The molecule has 2 aromatic rings. The molecule has 2 aliphatic heterocycles. The zero-order valence-corrected chi connectivity index (χ0v) is 17.7. The van der Waals surface area contributed by atoms with Crippen LogP contribution in [0, 0.1) is 12.7 Å². The topological polar surface area (TPSA) is 58.6 Å². The number of carbonyl (C=O) groups is 1. The summed E-state index contributed by atoms with van der Waals surface area (Å²) in [7, 11) is 1.61. The highest BCUT2D eigenvalue weighted by molar-refractivity contribution is 5.77. The summed E-state index contributed by atoms with van der Waals surface area (Å²) in [4.78, 5) is 26.6. The Balaban J connectivity index is 1.61. The third kappa shape index (κ3) is 4.31. The predicted octanol–water partition coefficient (Wildman–Crippen LogP) is 3.58. The Bertz CT molecular complexity index is 903. The summed E-state index contributed by atoms with van der Waals surface area (Å²) in [5.41, 5.74) is 3.23. The van der Waals surface area contributed by atoms with E-state index in [9.17, 15) is 9.18 Å². The zero-order valence-electron chi connectivity index (χ0n) is 17.7. The number of hydrogen-bond acceptors (Lipinski definition) is 5. The monoisotopic (exact) mass is 412 g/mol. The number of likely N-dealkylation sites (tertiary alicyclic amines) is 1. The van der Waals surface area contributed by atoms with Gasteiger partial charge in [-0.3, -0.25) is 4.79 Å². The van der Waals surface area contributed by atoms with E-state index in [1.54, 1.807) is 7.11 Å². The molecule has 0 bridgehead atoms. The number of rotatable bonds is 6. The van der Waals surface area contributed by atoms with E-state index in [-0.39, 0.29) is 17.8 Å². The van der Waals surface area contributed by atoms with Gasteiger partial charge < -0.3 is 14.5 Å². The summed E-state index contributed by atoms with van der Waals surface area (Å²) in [5.74, 6) is 1.57. The molecule has 160 valence electrons. The van der Waals surface area contributed by atoms with Gasteiger partial charge >= 0.3 is 0 Å². The van der Waals surface area contributed by atoms with Crippen molar-refractivity contribution >= 4 is 11.7 Å². The molecule has 1 aromatic heterocycles. The van der Waals surface area contributed by atoms with Gasteiger partial charge in [-0.15, -0.1) is 0 Å². The van der Waals surface area contributed by atoms with Crippen LogP contribution in [-0.4, -0.2) is 47.6 Å². The zero-order chi connectivity index (χ0) is 21.1. The number of halogens is 1. The van der Waals surface area contributed by atoms with Crippen LogP contribution in [0.4, 0.5) is 10.2 Å². The van der Waals surface area contributed by atoms with Gasteiger partial charge in [-0.2, -0.15) is 0 Å². The number of fused-ring (bicyclic) bond motifs is 1. The molecule has 0 N–H and O–H groups in total. The average molecular weight is 413 g/mol. The third-order valence-corrected chi connectivity index (χ3v) is 6.04. The fourth-order valence-electron chi connectivity index (χ4n) is 4.49. The number of amides is 1. The summed E-state index contributed by atoms with van der Waals surface area (Å²) >= 11 is 0. The first-order valence-corrected chi connectivity index (χ1v) is 10.7. The molecular formula is C23H29FN4O2. The Morgan fingerprint density at radius 3 is 2.77 bits per heavy atom. The van der Waals surface area contributed by atoms with Gasteiger partial charge in [0.05, 0.1) is 19.1 Å². The lowest BCUT2D eigenvalue weighted by Gasteiger charge is -2.32. The van der Waals surface area contributed by atoms with E-state index in [0.717, 1.165) is 61.7 Å². The summed E-state index contributed by atoms with van der Waals surface area (Å²) in [6.45, 7) is 4.80. The lowest BCUT2D eigenvalue weighted by Crippen LogP contribution is -2.34. The van der Waals surface area contributed by atoms with E-state index in [4.69, 9.17) is 14.7 Å². The Morgan fingerprint density at radius 2 is 2.00 bits per heavy atom. The largest absolute Gasteiger partial charge is 0.384 e. The molecule has 1 fully saturated rings. The van der Waals surface area contributed by atoms with Crippen LogP contribution >= 0.6 is 0 Å². The van der Waals surface area contributed by atoms with E-state index in [1.165, 1.54) is 17.7 Å². The van der Waals surface area contributed by atoms with E-state index in [2.05, 4.69) is 4.90 Å². The van der Waals surface area contributed by atoms with Crippen molar-refractivity contribution < 1.29 is 13.9 Å². The van der Waals surface area contributed by atoms with Crippen molar-refractivity contribution in [3.8, 4) is 0 Å². The first kappa shape index (κ1) is 20.7. The van der Waals surface area contributed by atoms with E-state index < -0.39 is 0 Å². The van der Waals surface area contributed by atoms with Gasteiger partial charge in [0.1, 0.15) is 11.6 Å². The Morgan fingerprint density at radius 1 is 1.20 bits per heavy atom.